The van der Waals surface area contributed by atoms with E-state index >= 15 is 0 Å². The van der Waals surface area contributed by atoms with Crippen LogP contribution in [0.5, 0.6) is 5.75 Å². The van der Waals surface area contributed by atoms with E-state index in [2.05, 4.69) is 4.98 Å². The lowest BCUT2D eigenvalue weighted by atomic mass is 10.1. The number of unbranched alkanes of at least 4 members (excludes halogenated alkanes) is 2. The molecule has 0 unspecified atom stereocenters. The molecule has 2 aromatic heterocycles. The zero-order chi connectivity index (χ0) is 24.7. The molecule has 8 nitrogen and oxygen atoms in total. The second-order valence-electron chi connectivity index (χ2n) is 7.44. The number of rotatable bonds is 12. The molecule has 1 N–H and O–H groups in total. The molecule has 0 aliphatic rings. The predicted octanol–water partition coefficient (Wildman–Crippen LogP) is 5.01. The number of oxazole rings is 1. The Kier molecular flexibility index (Phi) is 7.11. The first-order chi connectivity index (χ1) is 16.2. The molecule has 0 radical (unpaired) electrons. The minimum Gasteiger partial charge on any atom is -0.493 e. The number of carbonyl (C=O) groups excluding carboxylic acids is 1. The fraction of sp³-hybridized carbons (Fsp3) is 0.375. The van der Waals surface area contributed by atoms with Crippen LogP contribution in [0.25, 0.3) is 11.7 Å². The molecular weight excluding hydrogens is 412 g/mol. The first-order valence-electron chi connectivity index (χ1n) is 11.5. The molecule has 170 valence electrons. The van der Waals surface area contributed by atoms with Gasteiger partial charge in [-0.2, -0.15) is 0 Å². The Bertz CT molecular complexity index is 1090. The van der Waals surface area contributed by atoms with Crippen molar-refractivity contribution in [3.05, 3.63) is 60.2 Å². The second-order valence-corrected chi connectivity index (χ2v) is 7.44. The molecule has 1 amide bonds. The van der Waals surface area contributed by atoms with Gasteiger partial charge < -0.3 is 23.6 Å². The standard InChI is InChI=1S/C24H28N2O6/c1-17(2)26(24(29)21-15-25-23(32-21)20-11-8-14-31-20)16-18-9-5-6-10-19(18)30-13-7-3-4-12-22(27)28/h5-6,8-11,14-15,17H,3-4,7,12-13,16H2,1-2H3,(H,27,28)/i16D2. The highest BCUT2D eigenvalue weighted by Gasteiger charge is 2.24. The number of nitrogens with zero attached hydrogens (tertiary/aromatic N) is 2. The van der Waals surface area contributed by atoms with Crippen molar-refractivity contribution < 1.29 is 31.0 Å². The lowest BCUT2D eigenvalue weighted by Crippen LogP contribution is -2.36. The van der Waals surface area contributed by atoms with Crippen molar-refractivity contribution in [3.8, 4) is 17.4 Å². The van der Waals surface area contributed by atoms with E-state index in [-0.39, 0.29) is 23.6 Å². The molecule has 3 aromatic rings. The van der Waals surface area contributed by atoms with Crippen LogP contribution in [0.2, 0.25) is 0 Å². The second kappa shape index (κ2) is 11.2. The van der Waals surface area contributed by atoms with E-state index in [0.717, 1.165) is 4.90 Å². The van der Waals surface area contributed by atoms with Crippen molar-refractivity contribution in [3.63, 3.8) is 0 Å². The summed E-state index contributed by atoms with van der Waals surface area (Å²) in [6.07, 6.45) is 4.68. The third-order valence-corrected chi connectivity index (χ3v) is 4.60. The summed E-state index contributed by atoms with van der Waals surface area (Å²) in [5.74, 6) is -0.793. The smallest absolute Gasteiger partial charge is 0.303 e. The molecule has 0 bridgehead atoms. The van der Waals surface area contributed by atoms with Crippen LogP contribution in [-0.2, 0) is 11.3 Å². The highest BCUT2D eigenvalue weighted by Crippen LogP contribution is 2.24. The van der Waals surface area contributed by atoms with Gasteiger partial charge in [-0.15, -0.1) is 0 Å². The van der Waals surface area contributed by atoms with E-state index < -0.39 is 24.4 Å². The molecule has 0 aliphatic carbocycles. The monoisotopic (exact) mass is 442 g/mol. The molecular formula is C24H28N2O6. The van der Waals surface area contributed by atoms with E-state index in [4.69, 9.17) is 21.4 Å². The lowest BCUT2D eigenvalue weighted by molar-refractivity contribution is -0.137. The zero-order valence-corrected chi connectivity index (χ0v) is 18.1. The number of aromatic nitrogens is 1. The maximum atomic E-state index is 13.3. The number of amides is 1. The molecule has 0 saturated carbocycles. The Hall–Kier alpha value is -3.55. The Morgan fingerprint density at radius 2 is 2.00 bits per heavy atom. The first kappa shape index (κ1) is 20.4. The number of carboxylic acids is 1. The normalized spacial score (nSPS) is 12.3. The fourth-order valence-corrected chi connectivity index (χ4v) is 2.97. The van der Waals surface area contributed by atoms with Crippen LogP contribution in [0.3, 0.4) is 0 Å². The molecule has 0 aliphatic heterocycles. The maximum absolute atomic E-state index is 13.3. The summed E-state index contributed by atoms with van der Waals surface area (Å²) < 4.78 is 34.4. The average molecular weight is 443 g/mol. The molecule has 0 spiro atoms. The van der Waals surface area contributed by atoms with Gasteiger partial charge >= 0.3 is 5.97 Å². The lowest BCUT2D eigenvalue weighted by Gasteiger charge is -2.26. The number of para-hydroxylation sites is 1. The molecule has 0 fully saturated rings. The van der Waals surface area contributed by atoms with Crippen molar-refractivity contribution in [2.45, 2.75) is 52.1 Å². The summed E-state index contributed by atoms with van der Waals surface area (Å²) in [7, 11) is 0. The molecule has 1 aromatic carbocycles. The summed E-state index contributed by atoms with van der Waals surface area (Å²) >= 11 is 0. The zero-order valence-electron chi connectivity index (χ0n) is 20.1. The van der Waals surface area contributed by atoms with Crippen molar-refractivity contribution in [1.29, 1.82) is 0 Å². The van der Waals surface area contributed by atoms with Gasteiger partial charge in [-0.25, -0.2) is 4.98 Å². The van der Waals surface area contributed by atoms with Crippen LogP contribution in [0.4, 0.5) is 0 Å². The third kappa shape index (κ3) is 6.23. The van der Waals surface area contributed by atoms with Gasteiger partial charge in [-0.1, -0.05) is 18.2 Å². The maximum Gasteiger partial charge on any atom is 0.303 e. The molecule has 0 saturated heterocycles. The highest BCUT2D eigenvalue weighted by atomic mass is 16.5. The van der Waals surface area contributed by atoms with Gasteiger partial charge in [-0.05, 0) is 51.3 Å². The van der Waals surface area contributed by atoms with E-state index in [0.29, 0.717) is 37.4 Å². The number of hydrogen-bond donors (Lipinski definition) is 1. The number of carboxylic acid groups (broad SMARTS) is 1. The third-order valence-electron chi connectivity index (χ3n) is 4.60. The summed E-state index contributed by atoms with van der Waals surface area (Å²) in [6.45, 7) is 1.51. The number of furan rings is 1. The number of hydrogen-bond acceptors (Lipinski definition) is 6. The molecule has 8 heteroatoms. The van der Waals surface area contributed by atoms with Crippen molar-refractivity contribution >= 4 is 11.9 Å². The Morgan fingerprint density at radius 3 is 2.72 bits per heavy atom. The first-order valence-corrected chi connectivity index (χ1v) is 10.5. The Morgan fingerprint density at radius 1 is 1.19 bits per heavy atom. The SMILES string of the molecule is [2H]C([2H])(c1ccccc1OCCCCCC(=O)O)N(C(=O)c1cnc(-c2ccco2)o1)C(C)C. The van der Waals surface area contributed by atoms with Crippen LogP contribution >= 0.6 is 0 Å². The average Bonchev–Trinajstić information content (AvgIpc) is 3.47. The van der Waals surface area contributed by atoms with Gasteiger partial charge in [0.2, 0.25) is 5.76 Å². The molecule has 2 heterocycles. The minimum atomic E-state index is -2.22. The van der Waals surface area contributed by atoms with Crippen molar-refractivity contribution in [2.75, 3.05) is 6.61 Å². The summed E-state index contributed by atoms with van der Waals surface area (Å²) in [5, 5.41) is 8.73. The molecule has 32 heavy (non-hydrogen) atoms. The van der Waals surface area contributed by atoms with Gasteiger partial charge in [0.05, 0.1) is 28.3 Å². The van der Waals surface area contributed by atoms with Gasteiger partial charge in [0, 0.05) is 18.0 Å². The largest absolute Gasteiger partial charge is 0.493 e. The van der Waals surface area contributed by atoms with Gasteiger partial charge in [0.1, 0.15) is 5.75 Å². The van der Waals surface area contributed by atoms with Crippen LogP contribution in [0.1, 0.15) is 58.4 Å². The van der Waals surface area contributed by atoms with Gasteiger partial charge in [0.25, 0.3) is 11.8 Å². The topological polar surface area (TPSA) is 106 Å². The van der Waals surface area contributed by atoms with E-state index in [1.165, 1.54) is 12.5 Å². The van der Waals surface area contributed by atoms with Gasteiger partial charge in [-0.3, -0.25) is 9.59 Å². The van der Waals surface area contributed by atoms with E-state index in [1.54, 1.807) is 50.2 Å². The van der Waals surface area contributed by atoms with Crippen LogP contribution in [0, 0.1) is 0 Å². The van der Waals surface area contributed by atoms with Gasteiger partial charge in [0.15, 0.2) is 5.76 Å². The quantitative estimate of drug-likeness (QED) is 0.393. The predicted molar refractivity (Wildman–Crippen MR) is 117 cm³/mol. The molecule has 3 rings (SSSR count). The van der Waals surface area contributed by atoms with Crippen molar-refractivity contribution in [1.82, 2.24) is 9.88 Å². The number of aliphatic carboxylic acids is 1. The minimum absolute atomic E-state index is 0.105. The summed E-state index contributed by atoms with van der Waals surface area (Å²) in [6, 6.07) is 9.45. The van der Waals surface area contributed by atoms with E-state index in [1.807, 2.05) is 0 Å². The van der Waals surface area contributed by atoms with Crippen molar-refractivity contribution in [2.24, 2.45) is 0 Å². The van der Waals surface area contributed by atoms with Crippen LogP contribution in [-0.4, -0.2) is 39.5 Å². The fourth-order valence-electron chi connectivity index (χ4n) is 2.97. The number of ether oxygens (including phenoxy) is 1. The highest BCUT2D eigenvalue weighted by molar-refractivity contribution is 5.91. The number of carbonyl (C=O) groups is 2. The Labute approximate surface area is 189 Å². The van der Waals surface area contributed by atoms with Crippen LogP contribution < -0.4 is 4.74 Å². The summed E-state index contributed by atoms with van der Waals surface area (Å²) in [5.41, 5.74) is 0.202. The number of benzene rings is 1. The molecule has 0 atom stereocenters. The van der Waals surface area contributed by atoms with E-state index in [9.17, 15) is 9.59 Å². The summed E-state index contributed by atoms with van der Waals surface area (Å²) in [4.78, 5) is 29.1. The van der Waals surface area contributed by atoms with Crippen LogP contribution in [0.15, 0.2) is 57.7 Å². The Balaban J connectivity index is 1.78.